The quantitative estimate of drug-likeness (QED) is 0.805. The molecule has 1 aromatic rings. The van der Waals surface area contributed by atoms with Crippen molar-refractivity contribution in [2.75, 3.05) is 17.1 Å². The summed E-state index contributed by atoms with van der Waals surface area (Å²) in [6.45, 7) is -0.451. The number of aliphatic hydroxyl groups excluding tert-OH is 1. The molecule has 0 unspecified atom stereocenters. The van der Waals surface area contributed by atoms with Crippen molar-refractivity contribution in [3.63, 3.8) is 0 Å². The summed E-state index contributed by atoms with van der Waals surface area (Å²) in [4.78, 5) is 0. The largest absolute Gasteiger partial charge is 0.395 e. The van der Waals surface area contributed by atoms with Gasteiger partial charge in [-0.1, -0.05) is 0 Å². The van der Waals surface area contributed by atoms with Gasteiger partial charge in [-0.15, -0.1) is 0 Å². The summed E-state index contributed by atoms with van der Waals surface area (Å²) >= 11 is 1.82. The molecule has 0 atom stereocenters. The molecule has 2 N–H and O–H groups in total. The molecule has 0 spiro atoms. The van der Waals surface area contributed by atoms with Crippen LogP contribution in [0.1, 0.15) is 0 Å². The molecule has 0 radical (unpaired) electrons. The first-order valence-electron chi connectivity index (χ1n) is 4.01. The average molecular weight is 345 g/mol. The van der Waals surface area contributed by atoms with Crippen molar-refractivity contribution >= 4 is 38.3 Å². The molecular formula is C8H9FINO3S. The van der Waals surface area contributed by atoms with Crippen LogP contribution < -0.4 is 4.72 Å². The number of benzene rings is 1. The molecule has 0 aliphatic carbocycles. The normalized spacial score (nSPS) is 11.4. The number of anilines is 1. The molecule has 4 nitrogen and oxygen atoms in total. The Morgan fingerprint density at radius 2 is 2.13 bits per heavy atom. The molecule has 0 aromatic heterocycles. The molecular weight excluding hydrogens is 336 g/mol. The average Bonchev–Trinajstić information content (AvgIpc) is 2.09. The fourth-order valence-electron chi connectivity index (χ4n) is 0.911. The predicted octanol–water partition coefficient (Wildman–Crippen LogP) is 1.16. The summed E-state index contributed by atoms with van der Waals surface area (Å²) in [5.41, 5.74) is 0.311. The first-order valence-corrected chi connectivity index (χ1v) is 6.74. The van der Waals surface area contributed by atoms with Crippen molar-refractivity contribution < 1.29 is 17.9 Å². The van der Waals surface area contributed by atoms with E-state index in [2.05, 4.69) is 4.72 Å². The maximum atomic E-state index is 12.7. The summed E-state index contributed by atoms with van der Waals surface area (Å²) in [5.74, 6) is -0.801. The Hall–Kier alpha value is -0.410. The monoisotopic (exact) mass is 345 g/mol. The highest BCUT2D eigenvalue weighted by molar-refractivity contribution is 14.1. The lowest BCUT2D eigenvalue weighted by Crippen LogP contribution is -2.19. The Bertz CT molecular complexity index is 449. The van der Waals surface area contributed by atoms with E-state index < -0.39 is 22.4 Å². The second kappa shape index (κ2) is 5.08. The number of hydrogen-bond donors (Lipinski definition) is 2. The Morgan fingerprint density at radius 3 is 2.67 bits per heavy atom. The van der Waals surface area contributed by atoms with E-state index >= 15 is 0 Å². The van der Waals surface area contributed by atoms with Gasteiger partial charge in [-0.25, -0.2) is 12.8 Å². The van der Waals surface area contributed by atoms with Crippen LogP contribution in [0.5, 0.6) is 0 Å². The van der Waals surface area contributed by atoms with Gasteiger partial charge in [0.25, 0.3) is 0 Å². The van der Waals surface area contributed by atoms with Gasteiger partial charge in [0.05, 0.1) is 18.0 Å². The number of nitrogens with one attached hydrogen (secondary N) is 1. The van der Waals surface area contributed by atoms with Crippen LogP contribution in [-0.4, -0.2) is 25.9 Å². The van der Waals surface area contributed by atoms with Crippen LogP contribution in [-0.2, 0) is 10.0 Å². The van der Waals surface area contributed by atoms with Crippen molar-refractivity contribution in [2.24, 2.45) is 0 Å². The lowest BCUT2D eigenvalue weighted by atomic mass is 10.3. The number of halogens is 2. The molecule has 84 valence electrons. The molecule has 0 amide bonds. The second-order valence-electron chi connectivity index (χ2n) is 2.77. The van der Waals surface area contributed by atoms with E-state index in [0.717, 1.165) is 0 Å². The predicted molar refractivity (Wildman–Crippen MR) is 63.6 cm³/mol. The van der Waals surface area contributed by atoms with Gasteiger partial charge in [0.1, 0.15) is 5.82 Å². The molecule has 0 aliphatic rings. The highest BCUT2D eigenvalue weighted by Gasteiger charge is 2.11. The van der Waals surface area contributed by atoms with Crippen LogP contribution >= 0.6 is 22.6 Å². The van der Waals surface area contributed by atoms with E-state index in [1.54, 1.807) is 0 Å². The smallest absolute Gasteiger partial charge is 0.235 e. The molecule has 1 rings (SSSR count). The zero-order valence-corrected chi connectivity index (χ0v) is 10.5. The Morgan fingerprint density at radius 1 is 1.47 bits per heavy atom. The Labute approximate surface area is 101 Å². The molecule has 0 fully saturated rings. The van der Waals surface area contributed by atoms with Gasteiger partial charge in [0.2, 0.25) is 10.0 Å². The molecule has 0 bridgehead atoms. The molecule has 0 saturated heterocycles. The van der Waals surface area contributed by atoms with E-state index in [1.165, 1.54) is 18.2 Å². The summed E-state index contributed by atoms with van der Waals surface area (Å²) in [6, 6.07) is 3.72. The van der Waals surface area contributed by atoms with Gasteiger partial charge in [0.15, 0.2) is 0 Å². The fourth-order valence-corrected chi connectivity index (χ4v) is 2.56. The SMILES string of the molecule is O=S(=O)(CCO)Nc1ccc(F)cc1I. The molecule has 1 aromatic carbocycles. The number of rotatable bonds is 4. The van der Waals surface area contributed by atoms with Crippen LogP contribution in [0, 0.1) is 9.39 Å². The first kappa shape index (κ1) is 12.7. The zero-order chi connectivity index (χ0) is 11.5. The fraction of sp³-hybridized carbons (Fsp3) is 0.250. The highest BCUT2D eigenvalue weighted by atomic mass is 127. The van der Waals surface area contributed by atoms with E-state index in [4.69, 9.17) is 5.11 Å². The van der Waals surface area contributed by atoms with Crippen LogP contribution in [0.2, 0.25) is 0 Å². The Balaban J connectivity index is 2.90. The molecule has 0 saturated carbocycles. The Kier molecular flexibility index (Phi) is 4.29. The lowest BCUT2D eigenvalue weighted by molar-refractivity contribution is 0.320. The van der Waals surface area contributed by atoms with Gasteiger partial charge in [-0.05, 0) is 40.8 Å². The van der Waals surface area contributed by atoms with Gasteiger partial charge in [-0.2, -0.15) is 0 Å². The second-order valence-corrected chi connectivity index (χ2v) is 5.77. The third-order valence-corrected chi connectivity index (χ3v) is 3.70. The maximum absolute atomic E-state index is 12.7. The van der Waals surface area contributed by atoms with Crippen molar-refractivity contribution in [2.45, 2.75) is 0 Å². The number of hydrogen-bond acceptors (Lipinski definition) is 3. The standard InChI is InChI=1S/C8H9FINO3S/c9-6-1-2-8(7(10)5-6)11-15(13,14)4-3-12/h1-2,5,11-12H,3-4H2. The molecule has 0 heterocycles. The van der Waals surface area contributed by atoms with Crippen molar-refractivity contribution in [1.82, 2.24) is 0 Å². The van der Waals surface area contributed by atoms with Crippen molar-refractivity contribution in [3.8, 4) is 0 Å². The molecule has 15 heavy (non-hydrogen) atoms. The summed E-state index contributed by atoms with van der Waals surface area (Å²) in [7, 11) is -3.55. The highest BCUT2D eigenvalue weighted by Crippen LogP contribution is 2.20. The van der Waals surface area contributed by atoms with Crippen molar-refractivity contribution in [3.05, 3.63) is 27.6 Å². The number of sulfonamides is 1. The van der Waals surface area contributed by atoms with E-state index in [-0.39, 0.29) is 5.75 Å². The van der Waals surface area contributed by atoms with Crippen LogP contribution in [0.4, 0.5) is 10.1 Å². The minimum atomic E-state index is -3.55. The number of aliphatic hydroxyl groups is 1. The van der Waals surface area contributed by atoms with Gasteiger partial charge >= 0.3 is 0 Å². The topological polar surface area (TPSA) is 66.4 Å². The lowest BCUT2D eigenvalue weighted by Gasteiger charge is -2.08. The summed E-state index contributed by atoms with van der Waals surface area (Å²) < 4.78 is 38.0. The zero-order valence-electron chi connectivity index (χ0n) is 7.57. The van der Waals surface area contributed by atoms with Crippen LogP contribution in [0.25, 0.3) is 0 Å². The minimum absolute atomic E-state index is 0.311. The van der Waals surface area contributed by atoms with Crippen molar-refractivity contribution in [1.29, 1.82) is 0 Å². The maximum Gasteiger partial charge on any atom is 0.235 e. The summed E-state index contributed by atoms with van der Waals surface area (Å²) in [6.07, 6.45) is 0. The summed E-state index contributed by atoms with van der Waals surface area (Å²) in [5, 5.41) is 8.51. The third-order valence-electron chi connectivity index (χ3n) is 1.56. The van der Waals surface area contributed by atoms with E-state index in [0.29, 0.717) is 9.26 Å². The van der Waals surface area contributed by atoms with Gasteiger partial charge < -0.3 is 5.11 Å². The molecule has 7 heteroatoms. The van der Waals surface area contributed by atoms with Crippen LogP contribution in [0.3, 0.4) is 0 Å². The van der Waals surface area contributed by atoms with E-state index in [9.17, 15) is 12.8 Å². The minimum Gasteiger partial charge on any atom is -0.395 e. The first-order chi connectivity index (χ1) is 6.94. The van der Waals surface area contributed by atoms with Gasteiger partial charge in [-0.3, -0.25) is 4.72 Å². The molecule has 0 aliphatic heterocycles. The van der Waals surface area contributed by atoms with E-state index in [1.807, 2.05) is 22.6 Å². The van der Waals surface area contributed by atoms with Gasteiger partial charge in [0, 0.05) is 3.57 Å². The third kappa shape index (κ3) is 3.92. The van der Waals surface area contributed by atoms with Crippen LogP contribution in [0.15, 0.2) is 18.2 Å².